The topological polar surface area (TPSA) is 69.5 Å². The van der Waals surface area contributed by atoms with Crippen LogP contribution >= 0.6 is 46.9 Å². The maximum absolute atomic E-state index is 10.3. The highest BCUT2D eigenvalue weighted by Crippen LogP contribution is 2.21. The normalized spacial score (nSPS) is 12.4. The van der Waals surface area contributed by atoms with Crippen LogP contribution in [0.1, 0.15) is 34.2 Å². The van der Waals surface area contributed by atoms with Crippen LogP contribution in [0, 0.1) is 13.8 Å². The number of aliphatic hydroxyl groups excluding tert-OH is 1. The second-order valence-corrected chi connectivity index (χ2v) is 7.06. The van der Waals surface area contributed by atoms with Crippen molar-refractivity contribution in [3.05, 3.63) is 50.4 Å². The third kappa shape index (κ3) is 6.73. The van der Waals surface area contributed by atoms with Gasteiger partial charge in [-0.1, -0.05) is 29.8 Å². The third-order valence-electron chi connectivity index (χ3n) is 3.52. The van der Waals surface area contributed by atoms with E-state index in [0.29, 0.717) is 29.6 Å². The first-order chi connectivity index (χ1) is 11.5. The zero-order valence-electron chi connectivity index (χ0n) is 14.5. The van der Waals surface area contributed by atoms with E-state index in [9.17, 15) is 5.11 Å². The number of aromatic nitrogens is 1. The van der Waals surface area contributed by atoms with E-state index in [4.69, 9.17) is 11.6 Å². The van der Waals surface area contributed by atoms with Crippen LogP contribution in [0.4, 0.5) is 0 Å². The predicted octanol–water partition coefficient (Wildman–Crippen LogP) is 3.82. The molecule has 1 aromatic heterocycles. The number of aliphatic hydroxyl groups is 1. The summed E-state index contributed by atoms with van der Waals surface area (Å²) in [5, 5.41) is 18.2. The minimum atomic E-state index is -0.702. The van der Waals surface area contributed by atoms with Crippen LogP contribution in [-0.2, 0) is 6.54 Å². The first-order valence-corrected chi connectivity index (χ1v) is 9.08. The molecule has 5 nitrogen and oxygen atoms in total. The standard InChI is InChI=1S/C17H23ClN4OS.HI/c1-4-19-17(21-10-16-22-11(2)12(3)24-16)20-9-15(23)13-7-5-6-8-14(13)18;/h5-8,15,23H,4,9-10H2,1-3H3,(H2,19,20,21);1H. The Hall–Kier alpha value is -0.900. The van der Waals surface area contributed by atoms with Gasteiger partial charge in [-0.15, -0.1) is 35.3 Å². The second-order valence-electron chi connectivity index (χ2n) is 5.36. The molecule has 25 heavy (non-hydrogen) atoms. The molecule has 1 heterocycles. The van der Waals surface area contributed by atoms with E-state index < -0.39 is 6.10 Å². The van der Waals surface area contributed by atoms with Gasteiger partial charge in [0, 0.05) is 28.6 Å². The summed E-state index contributed by atoms with van der Waals surface area (Å²) in [4.78, 5) is 10.2. The fourth-order valence-electron chi connectivity index (χ4n) is 2.14. The quantitative estimate of drug-likeness (QED) is 0.324. The van der Waals surface area contributed by atoms with Gasteiger partial charge in [0.05, 0.1) is 18.3 Å². The maximum Gasteiger partial charge on any atom is 0.191 e. The molecule has 0 aliphatic carbocycles. The second kappa shape index (κ2) is 10.9. The highest BCUT2D eigenvalue weighted by atomic mass is 127. The van der Waals surface area contributed by atoms with Gasteiger partial charge in [0.2, 0.25) is 0 Å². The van der Waals surface area contributed by atoms with E-state index in [-0.39, 0.29) is 24.0 Å². The van der Waals surface area contributed by atoms with E-state index in [1.54, 1.807) is 17.4 Å². The molecule has 1 aromatic carbocycles. The molecule has 2 aromatic rings. The summed E-state index contributed by atoms with van der Waals surface area (Å²) < 4.78 is 0. The Bertz CT molecular complexity index is 688. The first kappa shape index (κ1) is 22.1. The SMILES string of the molecule is CCNC(=NCc1nc(C)c(C)s1)NCC(O)c1ccccc1Cl.I. The molecule has 3 N–H and O–H groups in total. The molecule has 0 spiro atoms. The summed E-state index contributed by atoms with van der Waals surface area (Å²) >= 11 is 7.77. The molecular formula is C17H24ClIN4OS. The third-order valence-corrected chi connectivity index (χ3v) is 4.92. The largest absolute Gasteiger partial charge is 0.387 e. The van der Waals surface area contributed by atoms with Gasteiger partial charge in [-0.25, -0.2) is 9.98 Å². The molecule has 0 saturated heterocycles. The number of guanidine groups is 1. The number of nitrogens with one attached hydrogen (secondary N) is 2. The number of rotatable bonds is 6. The lowest BCUT2D eigenvalue weighted by Gasteiger charge is -2.16. The number of aliphatic imine (C=N–C) groups is 1. The van der Waals surface area contributed by atoms with Gasteiger partial charge in [0.1, 0.15) is 5.01 Å². The lowest BCUT2D eigenvalue weighted by Crippen LogP contribution is -2.39. The van der Waals surface area contributed by atoms with Crippen LogP contribution < -0.4 is 10.6 Å². The van der Waals surface area contributed by atoms with Crippen LogP contribution in [0.25, 0.3) is 0 Å². The Morgan fingerprint density at radius 1 is 1.32 bits per heavy atom. The fraction of sp³-hybridized carbons (Fsp3) is 0.412. The van der Waals surface area contributed by atoms with Crippen LogP contribution in [0.15, 0.2) is 29.3 Å². The number of halogens is 2. The zero-order chi connectivity index (χ0) is 17.5. The van der Waals surface area contributed by atoms with E-state index in [1.165, 1.54) is 4.88 Å². The molecule has 2 rings (SSSR count). The zero-order valence-corrected chi connectivity index (χ0v) is 18.4. The molecule has 0 aliphatic heterocycles. The molecular weight excluding hydrogens is 471 g/mol. The summed E-state index contributed by atoms with van der Waals surface area (Å²) in [5.41, 5.74) is 1.76. The molecule has 0 aliphatic rings. The van der Waals surface area contributed by atoms with Crippen molar-refractivity contribution in [3.63, 3.8) is 0 Å². The summed E-state index contributed by atoms with van der Waals surface area (Å²) in [6, 6.07) is 7.29. The summed E-state index contributed by atoms with van der Waals surface area (Å²) in [5.74, 6) is 0.647. The van der Waals surface area contributed by atoms with E-state index in [0.717, 1.165) is 17.2 Å². The predicted molar refractivity (Wildman–Crippen MR) is 116 cm³/mol. The van der Waals surface area contributed by atoms with Crippen LogP contribution in [0.2, 0.25) is 5.02 Å². The Labute approximate surface area is 175 Å². The highest BCUT2D eigenvalue weighted by Gasteiger charge is 2.11. The minimum absolute atomic E-state index is 0. The number of thiazole rings is 1. The smallest absolute Gasteiger partial charge is 0.191 e. The van der Waals surface area contributed by atoms with Gasteiger partial charge in [-0.05, 0) is 26.8 Å². The van der Waals surface area contributed by atoms with Gasteiger partial charge in [0.25, 0.3) is 0 Å². The molecule has 138 valence electrons. The number of benzene rings is 1. The van der Waals surface area contributed by atoms with E-state index in [1.807, 2.05) is 32.0 Å². The summed E-state index contributed by atoms with van der Waals surface area (Å²) in [6.07, 6.45) is -0.702. The van der Waals surface area contributed by atoms with Gasteiger partial charge >= 0.3 is 0 Å². The molecule has 0 fully saturated rings. The average molecular weight is 495 g/mol. The van der Waals surface area contributed by atoms with Crippen LogP contribution in [-0.4, -0.2) is 29.1 Å². The highest BCUT2D eigenvalue weighted by molar-refractivity contribution is 14.0. The van der Waals surface area contributed by atoms with Gasteiger partial charge in [-0.2, -0.15) is 0 Å². The fourth-order valence-corrected chi connectivity index (χ4v) is 3.26. The maximum atomic E-state index is 10.3. The van der Waals surface area contributed by atoms with Gasteiger partial charge < -0.3 is 15.7 Å². The van der Waals surface area contributed by atoms with Crippen molar-refractivity contribution in [1.82, 2.24) is 15.6 Å². The number of hydrogen-bond donors (Lipinski definition) is 3. The summed E-state index contributed by atoms with van der Waals surface area (Å²) in [6.45, 7) is 7.64. The van der Waals surface area contributed by atoms with Crippen molar-refractivity contribution in [2.45, 2.75) is 33.4 Å². The van der Waals surface area contributed by atoms with Crippen molar-refractivity contribution < 1.29 is 5.11 Å². The molecule has 8 heteroatoms. The van der Waals surface area contributed by atoms with Crippen molar-refractivity contribution in [2.75, 3.05) is 13.1 Å². The first-order valence-electron chi connectivity index (χ1n) is 7.88. The molecule has 0 amide bonds. The van der Waals surface area contributed by atoms with Crippen molar-refractivity contribution in [1.29, 1.82) is 0 Å². The van der Waals surface area contributed by atoms with Crippen molar-refractivity contribution in [3.8, 4) is 0 Å². The lowest BCUT2D eigenvalue weighted by atomic mass is 10.1. The van der Waals surface area contributed by atoms with Gasteiger partial charge in [0.15, 0.2) is 5.96 Å². The average Bonchev–Trinajstić information content (AvgIpc) is 2.88. The van der Waals surface area contributed by atoms with Gasteiger partial charge in [-0.3, -0.25) is 0 Å². The van der Waals surface area contributed by atoms with E-state index in [2.05, 4.69) is 27.5 Å². The molecule has 1 atom stereocenters. The Morgan fingerprint density at radius 2 is 2.04 bits per heavy atom. The van der Waals surface area contributed by atoms with Crippen LogP contribution in [0.5, 0.6) is 0 Å². The van der Waals surface area contributed by atoms with Crippen molar-refractivity contribution in [2.24, 2.45) is 4.99 Å². The molecule has 1 unspecified atom stereocenters. The summed E-state index contributed by atoms with van der Waals surface area (Å²) in [7, 11) is 0. The molecule has 0 radical (unpaired) electrons. The Balaban J connectivity index is 0.00000312. The Morgan fingerprint density at radius 3 is 2.64 bits per heavy atom. The Kier molecular flexibility index (Phi) is 9.70. The van der Waals surface area contributed by atoms with E-state index >= 15 is 0 Å². The number of hydrogen-bond acceptors (Lipinski definition) is 4. The van der Waals surface area contributed by atoms with Crippen LogP contribution in [0.3, 0.4) is 0 Å². The number of aryl methyl sites for hydroxylation is 2. The number of nitrogens with zero attached hydrogens (tertiary/aromatic N) is 2. The lowest BCUT2D eigenvalue weighted by molar-refractivity contribution is 0.181. The minimum Gasteiger partial charge on any atom is -0.387 e. The molecule has 0 bridgehead atoms. The molecule has 0 saturated carbocycles. The van der Waals surface area contributed by atoms with Crippen molar-refractivity contribution >= 4 is 52.9 Å². The monoisotopic (exact) mass is 494 g/mol.